The highest BCUT2D eigenvalue weighted by atomic mass is 32.2. The highest BCUT2D eigenvalue weighted by molar-refractivity contribution is 7.89. The molecule has 1 unspecified atom stereocenters. The molecule has 1 aromatic heterocycles. The van der Waals surface area contributed by atoms with Crippen molar-refractivity contribution in [1.29, 1.82) is 0 Å². The topological polar surface area (TPSA) is 107 Å². The van der Waals surface area contributed by atoms with Crippen LogP contribution in [0.1, 0.15) is 41.1 Å². The first kappa shape index (κ1) is 27.5. The molecular weight excluding hydrogens is 508 g/mol. The molecule has 0 spiro atoms. The summed E-state index contributed by atoms with van der Waals surface area (Å²) in [5.74, 6) is -0.471. The van der Waals surface area contributed by atoms with Gasteiger partial charge in [-0.3, -0.25) is 0 Å². The maximum atomic E-state index is 13.2. The SMILES string of the molecule is CN(CC(O)CNC(C)(C)CC1Cc2ccccc2C1)S(=O)(=O)c1cccc(-c2ccc(C(=O)O)s2)c1. The summed E-state index contributed by atoms with van der Waals surface area (Å²) in [6.07, 6.45) is 2.21. The van der Waals surface area contributed by atoms with E-state index in [4.69, 9.17) is 5.11 Å². The molecule has 7 nitrogen and oxygen atoms in total. The lowest BCUT2D eigenvalue weighted by atomic mass is 9.88. The van der Waals surface area contributed by atoms with E-state index in [2.05, 4.69) is 43.4 Å². The number of benzene rings is 2. The van der Waals surface area contributed by atoms with Gasteiger partial charge >= 0.3 is 5.97 Å². The van der Waals surface area contributed by atoms with Gasteiger partial charge in [-0.2, -0.15) is 4.31 Å². The number of hydrogen-bond acceptors (Lipinski definition) is 6. The molecule has 0 saturated heterocycles. The van der Waals surface area contributed by atoms with Crippen molar-refractivity contribution in [3.8, 4) is 10.4 Å². The zero-order valence-electron chi connectivity index (χ0n) is 21.3. The van der Waals surface area contributed by atoms with Gasteiger partial charge in [0.15, 0.2) is 0 Å². The van der Waals surface area contributed by atoms with Gasteiger partial charge in [0.1, 0.15) is 4.88 Å². The lowest BCUT2D eigenvalue weighted by molar-refractivity contribution is 0.0702. The van der Waals surface area contributed by atoms with Gasteiger partial charge in [0.2, 0.25) is 10.0 Å². The van der Waals surface area contributed by atoms with E-state index < -0.39 is 22.1 Å². The first-order chi connectivity index (χ1) is 17.4. The van der Waals surface area contributed by atoms with Crippen LogP contribution in [0.2, 0.25) is 0 Å². The lowest BCUT2D eigenvalue weighted by Gasteiger charge is -2.31. The average molecular weight is 543 g/mol. The predicted molar refractivity (Wildman–Crippen MR) is 147 cm³/mol. The number of aliphatic hydroxyl groups is 1. The van der Waals surface area contributed by atoms with E-state index in [-0.39, 0.29) is 28.4 Å². The molecule has 9 heteroatoms. The molecule has 0 saturated carbocycles. The van der Waals surface area contributed by atoms with Crippen LogP contribution in [0.4, 0.5) is 0 Å². The Bertz CT molecular complexity index is 1340. The second-order valence-electron chi connectivity index (χ2n) is 10.4. The molecule has 0 amide bonds. The number of β-amino-alcohol motifs (C(OH)–C–C–N with tert-alkyl or cyclic N) is 1. The van der Waals surface area contributed by atoms with Crippen LogP contribution in [0.25, 0.3) is 10.4 Å². The molecule has 37 heavy (non-hydrogen) atoms. The van der Waals surface area contributed by atoms with Crippen LogP contribution in [0.3, 0.4) is 0 Å². The fraction of sp³-hybridized carbons (Fsp3) is 0.393. The Morgan fingerprint density at radius 2 is 1.78 bits per heavy atom. The number of rotatable bonds is 11. The summed E-state index contributed by atoms with van der Waals surface area (Å²) in [5.41, 5.74) is 3.26. The van der Waals surface area contributed by atoms with Crippen molar-refractivity contribution < 1.29 is 23.4 Å². The van der Waals surface area contributed by atoms with Gasteiger partial charge in [-0.1, -0.05) is 36.4 Å². The number of nitrogens with one attached hydrogen (secondary N) is 1. The number of fused-ring (bicyclic) bond motifs is 1. The Morgan fingerprint density at radius 3 is 2.41 bits per heavy atom. The van der Waals surface area contributed by atoms with Gasteiger partial charge in [-0.05, 0) is 80.0 Å². The monoisotopic (exact) mass is 542 g/mol. The third kappa shape index (κ3) is 6.66. The van der Waals surface area contributed by atoms with Crippen LogP contribution in [0, 0.1) is 5.92 Å². The Hall–Kier alpha value is -2.56. The third-order valence-corrected chi connectivity index (χ3v) is 9.80. The van der Waals surface area contributed by atoms with Crippen molar-refractivity contribution in [3.05, 3.63) is 76.7 Å². The second-order valence-corrected chi connectivity index (χ2v) is 13.6. The summed E-state index contributed by atoms with van der Waals surface area (Å²) in [6.45, 7) is 4.47. The zero-order valence-corrected chi connectivity index (χ0v) is 23.0. The zero-order chi connectivity index (χ0) is 26.8. The normalized spacial score (nSPS) is 15.2. The van der Waals surface area contributed by atoms with Crippen molar-refractivity contribution in [3.63, 3.8) is 0 Å². The molecule has 1 heterocycles. The highest BCUT2D eigenvalue weighted by Gasteiger charge is 2.29. The predicted octanol–water partition coefficient (Wildman–Crippen LogP) is 4.27. The summed E-state index contributed by atoms with van der Waals surface area (Å²) < 4.78 is 27.6. The van der Waals surface area contributed by atoms with Crippen LogP contribution < -0.4 is 5.32 Å². The van der Waals surface area contributed by atoms with Gasteiger partial charge in [-0.25, -0.2) is 13.2 Å². The molecule has 1 aliphatic rings. The Balaban J connectivity index is 1.33. The standard InChI is InChI=1S/C28H34N2O5S2/c1-28(2,16-19-13-20-7-4-5-8-21(20)14-19)29-17-23(31)18-30(3)37(34,35)24-10-6-9-22(15-24)25-11-12-26(36-25)27(32)33/h4-12,15,19,23,29,31H,13-14,16-18H2,1-3H3,(H,32,33). The molecule has 0 radical (unpaired) electrons. The molecule has 3 aromatic rings. The Kier molecular flexibility index (Phi) is 8.20. The van der Waals surface area contributed by atoms with Crippen LogP contribution in [-0.4, -0.2) is 60.7 Å². The van der Waals surface area contributed by atoms with Crippen LogP contribution in [-0.2, 0) is 22.9 Å². The Morgan fingerprint density at radius 1 is 1.11 bits per heavy atom. The lowest BCUT2D eigenvalue weighted by Crippen LogP contribution is -2.47. The minimum atomic E-state index is -3.84. The van der Waals surface area contributed by atoms with E-state index in [0.29, 0.717) is 16.4 Å². The number of sulfonamides is 1. The molecule has 1 aliphatic carbocycles. The van der Waals surface area contributed by atoms with Crippen molar-refractivity contribution in [2.45, 2.75) is 49.6 Å². The summed E-state index contributed by atoms with van der Waals surface area (Å²) in [7, 11) is -2.39. The number of aliphatic hydroxyl groups excluding tert-OH is 1. The summed E-state index contributed by atoms with van der Waals surface area (Å²) in [5, 5.41) is 23.3. The third-order valence-electron chi connectivity index (χ3n) is 6.86. The first-order valence-corrected chi connectivity index (χ1v) is 14.6. The number of thiophene rings is 1. The molecule has 1 atom stereocenters. The smallest absolute Gasteiger partial charge is 0.345 e. The molecule has 198 valence electrons. The van der Waals surface area contributed by atoms with Gasteiger partial charge in [0.05, 0.1) is 11.0 Å². The van der Waals surface area contributed by atoms with Crippen molar-refractivity contribution in [1.82, 2.24) is 9.62 Å². The molecule has 0 bridgehead atoms. The van der Waals surface area contributed by atoms with E-state index in [1.807, 2.05) is 0 Å². The van der Waals surface area contributed by atoms with Gasteiger partial charge in [0.25, 0.3) is 0 Å². The quantitative estimate of drug-likeness (QED) is 0.334. The largest absolute Gasteiger partial charge is 0.477 e. The molecule has 0 fully saturated rings. The molecule has 0 aliphatic heterocycles. The van der Waals surface area contributed by atoms with E-state index in [0.717, 1.165) is 34.9 Å². The van der Waals surface area contributed by atoms with E-state index in [1.165, 1.54) is 36.4 Å². The van der Waals surface area contributed by atoms with Crippen LogP contribution >= 0.6 is 11.3 Å². The summed E-state index contributed by atoms with van der Waals surface area (Å²) in [4.78, 5) is 12.2. The van der Waals surface area contributed by atoms with Crippen LogP contribution in [0.15, 0.2) is 65.6 Å². The van der Waals surface area contributed by atoms with Gasteiger partial charge < -0.3 is 15.5 Å². The van der Waals surface area contributed by atoms with Gasteiger partial charge in [0, 0.05) is 30.6 Å². The number of hydrogen-bond donors (Lipinski definition) is 3. The molecule has 4 rings (SSSR count). The number of carboxylic acid groups (broad SMARTS) is 1. The number of likely N-dealkylation sites (N-methyl/N-ethyl adjacent to an activating group) is 1. The minimum absolute atomic E-state index is 0.0489. The van der Waals surface area contributed by atoms with E-state index >= 15 is 0 Å². The van der Waals surface area contributed by atoms with Crippen molar-refractivity contribution >= 4 is 27.3 Å². The minimum Gasteiger partial charge on any atom is -0.477 e. The first-order valence-electron chi connectivity index (χ1n) is 12.3. The van der Waals surface area contributed by atoms with E-state index in [1.54, 1.807) is 18.2 Å². The van der Waals surface area contributed by atoms with Crippen molar-refractivity contribution in [2.75, 3.05) is 20.1 Å². The number of aromatic carboxylic acids is 1. The maximum absolute atomic E-state index is 13.2. The van der Waals surface area contributed by atoms with E-state index in [9.17, 15) is 18.3 Å². The maximum Gasteiger partial charge on any atom is 0.345 e. The van der Waals surface area contributed by atoms with Crippen LogP contribution in [0.5, 0.6) is 0 Å². The average Bonchev–Trinajstić information content (AvgIpc) is 3.50. The molecule has 2 aromatic carbocycles. The highest BCUT2D eigenvalue weighted by Crippen LogP contribution is 2.32. The number of nitrogens with zero attached hydrogens (tertiary/aromatic N) is 1. The fourth-order valence-corrected chi connectivity index (χ4v) is 7.14. The number of carbonyl (C=O) groups is 1. The second kappa shape index (κ2) is 11.0. The summed E-state index contributed by atoms with van der Waals surface area (Å²) in [6, 6.07) is 18.2. The fourth-order valence-electron chi connectivity index (χ4n) is 5.04. The van der Waals surface area contributed by atoms with Crippen molar-refractivity contribution in [2.24, 2.45) is 5.92 Å². The Labute approximate surface area is 222 Å². The van der Waals surface area contributed by atoms with Gasteiger partial charge in [-0.15, -0.1) is 11.3 Å². The molecular formula is C28H34N2O5S2. The molecule has 3 N–H and O–H groups in total. The number of carboxylic acids is 1. The summed E-state index contributed by atoms with van der Waals surface area (Å²) >= 11 is 1.09.